The average Bonchev–Trinajstić information content (AvgIpc) is 2.55. The van der Waals surface area contributed by atoms with E-state index in [1.807, 2.05) is 13.8 Å². The lowest BCUT2D eigenvalue weighted by Crippen LogP contribution is -2.32. The molecular weight excluding hydrogens is 360 g/mol. The number of carbonyl (C=O) groups is 1. The number of benzene rings is 1. The Balaban J connectivity index is 2.31. The Hall–Kier alpha value is -1.92. The number of sulfone groups is 1. The lowest BCUT2D eigenvalue weighted by Gasteiger charge is -2.19. The molecule has 2 aromatic rings. The molecule has 1 atom stereocenters. The van der Waals surface area contributed by atoms with Crippen LogP contribution in [0.2, 0.25) is 5.02 Å². The van der Waals surface area contributed by atoms with Gasteiger partial charge < -0.3 is 5.32 Å². The molecule has 7 heteroatoms. The zero-order valence-corrected chi connectivity index (χ0v) is 15.7. The minimum atomic E-state index is -3.71. The third kappa shape index (κ3) is 5.28. The summed E-state index contributed by atoms with van der Waals surface area (Å²) in [6, 6.07) is 9.38. The zero-order valence-electron chi connectivity index (χ0n) is 14.1. The highest BCUT2D eigenvalue weighted by molar-refractivity contribution is 7.91. The van der Waals surface area contributed by atoms with E-state index >= 15 is 0 Å². The van der Waals surface area contributed by atoms with Gasteiger partial charge in [0.1, 0.15) is 5.25 Å². The summed E-state index contributed by atoms with van der Waals surface area (Å²) in [4.78, 5) is 16.1. The van der Waals surface area contributed by atoms with Crippen molar-refractivity contribution in [3.8, 4) is 0 Å². The summed E-state index contributed by atoms with van der Waals surface area (Å²) in [6.45, 7) is 3.85. The van der Waals surface area contributed by atoms with Crippen LogP contribution in [0.5, 0.6) is 0 Å². The molecule has 0 aliphatic rings. The summed E-state index contributed by atoms with van der Waals surface area (Å²) in [6.07, 6.45) is 3.43. The van der Waals surface area contributed by atoms with Crippen LogP contribution in [0, 0.1) is 5.92 Å². The Labute approximate surface area is 153 Å². The summed E-state index contributed by atoms with van der Waals surface area (Å²) >= 11 is 5.85. The first-order valence-corrected chi connectivity index (χ1v) is 9.89. The predicted molar refractivity (Wildman–Crippen MR) is 98.1 cm³/mol. The Bertz CT molecular complexity index is 806. The SMILES string of the molecule is CC(C)CC(=O)NC[C@H](c1cccnc1)S(=O)(=O)c1ccc(Cl)cc1. The molecule has 0 spiro atoms. The second kappa shape index (κ2) is 8.45. The van der Waals surface area contributed by atoms with E-state index in [0.717, 1.165) is 0 Å². The van der Waals surface area contributed by atoms with Gasteiger partial charge in [-0.1, -0.05) is 31.5 Å². The number of aromatic nitrogens is 1. The fourth-order valence-electron chi connectivity index (χ4n) is 2.41. The van der Waals surface area contributed by atoms with Gasteiger partial charge in [0.15, 0.2) is 9.84 Å². The number of hydrogen-bond acceptors (Lipinski definition) is 4. The summed E-state index contributed by atoms with van der Waals surface area (Å²) in [5, 5.41) is 2.27. The van der Waals surface area contributed by atoms with Gasteiger partial charge in [-0.25, -0.2) is 8.42 Å². The van der Waals surface area contributed by atoms with E-state index in [0.29, 0.717) is 17.0 Å². The molecule has 2 rings (SSSR count). The molecule has 5 nitrogen and oxygen atoms in total. The first kappa shape index (κ1) is 19.4. The van der Waals surface area contributed by atoms with Crippen LogP contribution >= 0.6 is 11.6 Å². The lowest BCUT2D eigenvalue weighted by molar-refractivity contribution is -0.121. The summed E-state index contributed by atoms with van der Waals surface area (Å²) in [5.41, 5.74) is 0.530. The van der Waals surface area contributed by atoms with Crippen LogP contribution in [0.1, 0.15) is 31.1 Å². The van der Waals surface area contributed by atoms with Crippen molar-refractivity contribution >= 4 is 27.3 Å². The van der Waals surface area contributed by atoms with Crippen LogP contribution in [0.25, 0.3) is 0 Å². The number of carbonyl (C=O) groups excluding carboxylic acids is 1. The highest BCUT2D eigenvalue weighted by atomic mass is 35.5. The molecule has 1 aromatic carbocycles. The van der Waals surface area contributed by atoms with Crippen molar-refractivity contribution in [2.45, 2.75) is 30.4 Å². The second-order valence-electron chi connectivity index (χ2n) is 6.18. The van der Waals surface area contributed by atoms with Crippen molar-refractivity contribution in [3.05, 3.63) is 59.4 Å². The number of nitrogens with zero attached hydrogens (tertiary/aromatic N) is 1. The third-order valence-corrected chi connectivity index (χ3v) is 6.02. The maximum atomic E-state index is 13.1. The highest BCUT2D eigenvalue weighted by Crippen LogP contribution is 2.29. The van der Waals surface area contributed by atoms with Gasteiger partial charge in [0.05, 0.1) is 4.90 Å². The van der Waals surface area contributed by atoms with E-state index in [4.69, 9.17) is 11.6 Å². The number of nitrogens with one attached hydrogen (secondary N) is 1. The van der Waals surface area contributed by atoms with Crippen molar-refractivity contribution in [3.63, 3.8) is 0 Å². The van der Waals surface area contributed by atoms with Crippen molar-refractivity contribution in [2.24, 2.45) is 5.92 Å². The van der Waals surface area contributed by atoms with E-state index < -0.39 is 15.1 Å². The van der Waals surface area contributed by atoms with Crippen molar-refractivity contribution < 1.29 is 13.2 Å². The Morgan fingerprint density at radius 1 is 1.20 bits per heavy atom. The number of rotatable bonds is 7. The fourth-order valence-corrected chi connectivity index (χ4v) is 4.18. The number of pyridine rings is 1. The van der Waals surface area contributed by atoms with E-state index in [1.165, 1.54) is 30.5 Å². The molecule has 0 aliphatic carbocycles. The fraction of sp³-hybridized carbons (Fsp3) is 0.333. The van der Waals surface area contributed by atoms with Crippen LogP contribution in [0.4, 0.5) is 0 Å². The van der Waals surface area contributed by atoms with Crippen LogP contribution in [-0.4, -0.2) is 25.9 Å². The van der Waals surface area contributed by atoms with Crippen molar-refractivity contribution in [1.29, 1.82) is 0 Å². The van der Waals surface area contributed by atoms with E-state index in [2.05, 4.69) is 10.3 Å². The van der Waals surface area contributed by atoms with E-state index in [9.17, 15) is 13.2 Å². The molecule has 134 valence electrons. The largest absolute Gasteiger partial charge is 0.354 e. The maximum Gasteiger partial charge on any atom is 0.220 e. The maximum absolute atomic E-state index is 13.1. The Kier molecular flexibility index (Phi) is 6.56. The van der Waals surface area contributed by atoms with Crippen molar-refractivity contribution in [1.82, 2.24) is 10.3 Å². The standard InChI is InChI=1S/C18H21ClN2O3S/c1-13(2)10-18(22)21-12-17(14-4-3-9-20-11-14)25(23,24)16-7-5-15(19)6-8-16/h3-9,11,13,17H,10,12H2,1-2H3,(H,21,22)/t17-/m1/s1. The first-order valence-electron chi connectivity index (χ1n) is 7.97. The normalized spacial score (nSPS) is 12.8. The van der Waals surface area contributed by atoms with Crippen LogP contribution < -0.4 is 5.32 Å². The molecule has 1 heterocycles. The summed E-state index contributed by atoms with van der Waals surface area (Å²) in [7, 11) is -3.71. The van der Waals surface area contributed by atoms with Gasteiger partial charge in [-0.05, 0) is 41.8 Å². The average molecular weight is 381 g/mol. The highest BCUT2D eigenvalue weighted by Gasteiger charge is 2.29. The predicted octanol–water partition coefficient (Wildman–Crippen LogP) is 3.41. The molecule has 25 heavy (non-hydrogen) atoms. The Morgan fingerprint density at radius 2 is 1.88 bits per heavy atom. The van der Waals surface area contributed by atoms with Gasteiger partial charge >= 0.3 is 0 Å². The smallest absolute Gasteiger partial charge is 0.220 e. The van der Waals surface area contributed by atoms with Gasteiger partial charge in [0.2, 0.25) is 5.91 Å². The van der Waals surface area contributed by atoms with Crippen LogP contribution in [0.15, 0.2) is 53.7 Å². The molecule has 0 aliphatic heterocycles. The lowest BCUT2D eigenvalue weighted by atomic mass is 10.1. The van der Waals surface area contributed by atoms with E-state index in [1.54, 1.807) is 18.3 Å². The van der Waals surface area contributed by atoms with Crippen LogP contribution in [-0.2, 0) is 14.6 Å². The first-order chi connectivity index (χ1) is 11.8. The molecule has 0 bridgehead atoms. The monoisotopic (exact) mass is 380 g/mol. The second-order valence-corrected chi connectivity index (χ2v) is 8.74. The molecule has 1 amide bonds. The number of halogens is 1. The molecule has 0 radical (unpaired) electrons. The summed E-state index contributed by atoms with van der Waals surface area (Å²) < 4.78 is 26.1. The van der Waals surface area contributed by atoms with Gasteiger partial charge in [-0.3, -0.25) is 9.78 Å². The van der Waals surface area contributed by atoms with E-state index in [-0.39, 0.29) is 23.3 Å². The van der Waals surface area contributed by atoms with Gasteiger partial charge in [0, 0.05) is 30.4 Å². The Morgan fingerprint density at radius 3 is 2.44 bits per heavy atom. The minimum Gasteiger partial charge on any atom is -0.354 e. The molecule has 0 fully saturated rings. The van der Waals surface area contributed by atoms with Gasteiger partial charge in [0.25, 0.3) is 0 Å². The third-order valence-electron chi connectivity index (χ3n) is 3.65. The molecule has 1 N–H and O–H groups in total. The zero-order chi connectivity index (χ0) is 18.4. The van der Waals surface area contributed by atoms with Crippen LogP contribution in [0.3, 0.4) is 0 Å². The molecule has 0 saturated carbocycles. The minimum absolute atomic E-state index is 0.0117. The molecule has 0 unspecified atom stereocenters. The van der Waals surface area contributed by atoms with Gasteiger partial charge in [-0.15, -0.1) is 0 Å². The number of amides is 1. The van der Waals surface area contributed by atoms with Gasteiger partial charge in [-0.2, -0.15) is 0 Å². The molecule has 1 aromatic heterocycles. The summed E-state index contributed by atoms with van der Waals surface area (Å²) in [5.74, 6) is 0.0277. The molecular formula is C18H21ClN2O3S. The quantitative estimate of drug-likeness (QED) is 0.798. The van der Waals surface area contributed by atoms with Crippen molar-refractivity contribution in [2.75, 3.05) is 6.54 Å². The number of hydrogen-bond donors (Lipinski definition) is 1. The topological polar surface area (TPSA) is 76.1 Å². The molecule has 0 saturated heterocycles.